The van der Waals surface area contributed by atoms with Crippen molar-refractivity contribution in [2.24, 2.45) is 0 Å². The molecule has 6 heteroatoms. The van der Waals surface area contributed by atoms with E-state index in [0.29, 0.717) is 0 Å². The molecule has 5 nitrogen and oxygen atoms in total. The van der Waals surface area contributed by atoms with Crippen LogP contribution < -0.4 is 5.73 Å². The number of carboxylic acid groups (broad SMARTS) is 1. The Bertz CT molecular complexity index is 551. The van der Waals surface area contributed by atoms with Crippen molar-refractivity contribution in [1.29, 1.82) is 0 Å². The van der Waals surface area contributed by atoms with E-state index in [1.165, 1.54) is 18.2 Å². The van der Waals surface area contributed by atoms with Crippen LogP contribution in [-0.2, 0) is 0 Å². The van der Waals surface area contributed by atoms with Gasteiger partial charge in [0.1, 0.15) is 5.82 Å². The smallest absolute Gasteiger partial charge is 0.343 e. The summed E-state index contributed by atoms with van der Waals surface area (Å²) in [6, 6.07) is 5.33. The van der Waals surface area contributed by atoms with E-state index in [9.17, 15) is 9.18 Å². The van der Waals surface area contributed by atoms with Gasteiger partial charge in [-0.25, -0.2) is 9.18 Å². The molecule has 16 heavy (non-hydrogen) atoms. The van der Waals surface area contributed by atoms with Gasteiger partial charge in [-0.2, -0.15) is 0 Å². The first kappa shape index (κ1) is 10.2. The van der Waals surface area contributed by atoms with Crippen LogP contribution in [0.4, 0.5) is 10.2 Å². The zero-order valence-corrected chi connectivity index (χ0v) is 7.98. The molecule has 82 valence electrons. The van der Waals surface area contributed by atoms with Crippen molar-refractivity contribution >= 4 is 11.8 Å². The fourth-order valence-electron chi connectivity index (χ4n) is 1.34. The number of anilines is 1. The molecule has 0 atom stereocenters. The molecule has 3 N–H and O–H groups in total. The molecule has 0 saturated carbocycles. The number of hydrogen-bond donors (Lipinski definition) is 2. The number of aromatic nitrogens is 1. The van der Waals surface area contributed by atoms with Gasteiger partial charge in [-0.3, -0.25) is 0 Å². The number of aromatic carboxylic acids is 1. The quantitative estimate of drug-likeness (QED) is 0.808. The monoisotopic (exact) mass is 222 g/mol. The van der Waals surface area contributed by atoms with E-state index in [2.05, 4.69) is 5.16 Å². The van der Waals surface area contributed by atoms with Crippen molar-refractivity contribution in [2.75, 3.05) is 5.73 Å². The lowest BCUT2D eigenvalue weighted by Gasteiger charge is -1.97. The summed E-state index contributed by atoms with van der Waals surface area (Å²) >= 11 is 0. The van der Waals surface area contributed by atoms with E-state index >= 15 is 0 Å². The predicted molar refractivity (Wildman–Crippen MR) is 53.3 cm³/mol. The van der Waals surface area contributed by atoms with Crippen LogP contribution in [-0.4, -0.2) is 16.2 Å². The minimum atomic E-state index is -1.27. The average Bonchev–Trinajstić information content (AvgIpc) is 2.60. The molecule has 2 aromatic rings. The Morgan fingerprint density at radius 1 is 1.50 bits per heavy atom. The second-order valence-electron chi connectivity index (χ2n) is 3.09. The summed E-state index contributed by atoms with van der Waals surface area (Å²) in [7, 11) is 0. The summed E-state index contributed by atoms with van der Waals surface area (Å²) in [4.78, 5) is 10.9. The normalized spacial score (nSPS) is 10.3. The maximum Gasteiger partial charge on any atom is 0.343 e. The Kier molecular flexibility index (Phi) is 2.32. The Balaban J connectivity index is 2.60. The molecule has 0 spiro atoms. The van der Waals surface area contributed by atoms with Gasteiger partial charge in [0.25, 0.3) is 0 Å². The van der Waals surface area contributed by atoms with Gasteiger partial charge in [0, 0.05) is 5.56 Å². The second-order valence-corrected chi connectivity index (χ2v) is 3.09. The first-order chi connectivity index (χ1) is 7.59. The summed E-state index contributed by atoms with van der Waals surface area (Å²) in [5.74, 6) is -2.04. The molecule has 2 rings (SSSR count). The highest BCUT2D eigenvalue weighted by atomic mass is 19.1. The SMILES string of the molecule is Nc1noc(-c2cccc(F)c2)c1C(=O)O. The lowest BCUT2D eigenvalue weighted by molar-refractivity contribution is 0.0698. The molecule has 0 aliphatic carbocycles. The molecule has 1 heterocycles. The van der Waals surface area contributed by atoms with E-state index in [4.69, 9.17) is 15.4 Å². The largest absolute Gasteiger partial charge is 0.477 e. The summed E-state index contributed by atoms with van der Waals surface area (Å²) < 4.78 is 17.7. The van der Waals surface area contributed by atoms with Crippen molar-refractivity contribution in [3.8, 4) is 11.3 Å². The van der Waals surface area contributed by atoms with Gasteiger partial charge in [-0.05, 0) is 12.1 Å². The zero-order chi connectivity index (χ0) is 11.7. The van der Waals surface area contributed by atoms with Crippen LogP contribution in [0.15, 0.2) is 28.8 Å². The number of nitrogens with zero attached hydrogens (tertiary/aromatic N) is 1. The fourth-order valence-corrected chi connectivity index (χ4v) is 1.34. The van der Waals surface area contributed by atoms with Crippen molar-refractivity contribution in [1.82, 2.24) is 5.16 Å². The van der Waals surface area contributed by atoms with Crippen molar-refractivity contribution in [3.05, 3.63) is 35.6 Å². The van der Waals surface area contributed by atoms with Gasteiger partial charge >= 0.3 is 5.97 Å². The van der Waals surface area contributed by atoms with Crippen LogP contribution >= 0.6 is 0 Å². The highest BCUT2D eigenvalue weighted by Gasteiger charge is 2.21. The summed E-state index contributed by atoms with van der Waals surface area (Å²) in [6.07, 6.45) is 0. The molecule has 0 unspecified atom stereocenters. The molecular weight excluding hydrogens is 215 g/mol. The van der Waals surface area contributed by atoms with Gasteiger partial charge < -0.3 is 15.4 Å². The number of halogens is 1. The van der Waals surface area contributed by atoms with E-state index in [1.54, 1.807) is 0 Å². The number of carbonyl (C=O) groups is 1. The number of rotatable bonds is 2. The first-order valence-electron chi connectivity index (χ1n) is 4.34. The highest BCUT2D eigenvalue weighted by molar-refractivity contribution is 5.98. The Hall–Kier alpha value is -2.37. The van der Waals surface area contributed by atoms with E-state index in [-0.39, 0.29) is 22.7 Å². The molecule has 0 aliphatic rings. The zero-order valence-electron chi connectivity index (χ0n) is 7.98. The van der Waals surface area contributed by atoms with Gasteiger partial charge in [-0.15, -0.1) is 0 Å². The number of nitrogen functional groups attached to an aromatic ring is 1. The van der Waals surface area contributed by atoms with Crippen molar-refractivity contribution in [3.63, 3.8) is 0 Å². The first-order valence-corrected chi connectivity index (χ1v) is 4.34. The minimum Gasteiger partial charge on any atom is -0.477 e. The lowest BCUT2D eigenvalue weighted by Crippen LogP contribution is -2.01. The summed E-state index contributed by atoms with van der Waals surface area (Å²) in [6.45, 7) is 0. The predicted octanol–water partition coefficient (Wildman–Crippen LogP) is 1.76. The third kappa shape index (κ3) is 1.60. The molecular formula is C10H7FN2O3. The van der Waals surface area contributed by atoms with Crippen LogP contribution in [0.3, 0.4) is 0 Å². The molecule has 0 saturated heterocycles. The average molecular weight is 222 g/mol. The maximum absolute atomic E-state index is 13.0. The Morgan fingerprint density at radius 3 is 2.88 bits per heavy atom. The molecule has 1 aromatic carbocycles. The molecule has 0 radical (unpaired) electrons. The third-order valence-corrected chi connectivity index (χ3v) is 2.02. The number of hydrogen-bond acceptors (Lipinski definition) is 4. The highest BCUT2D eigenvalue weighted by Crippen LogP contribution is 2.27. The van der Waals surface area contributed by atoms with E-state index < -0.39 is 11.8 Å². The number of nitrogens with two attached hydrogens (primary N) is 1. The Labute approximate surface area is 89.3 Å². The van der Waals surface area contributed by atoms with E-state index in [0.717, 1.165) is 6.07 Å². The van der Waals surface area contributed by atoms with Crippen molar-refractivity contribution in [2.45, 2.75) is 0 Å². The third-order valence-electron chi connectivity index (χ3n) is 2.02. The molecule has 1 aromatic heterocycles. The van der Waals surface area contributed by atoms with Gasteiger partial charge in [0.15, 0.2) is 17.1 Å². The number of carboxylic acids is 1. The van der Waals surface area contributed by atoms with Gasteiger partial charge in [-0.1, -0.05) is 17.3 Å². The van der Waals surface area contributed by atoms with Gasteiger partial charge in [0.2, 0.25) is 0 Å². The van der Waals surface area contributed by atoms with Crippen LogP contribution in [0, 0.1) is 5.82 Å². The number of benzene rings is 1. The minimum absolute atomic E-state index is 0.0514. The molecule has 0 amide bonds. The Morgan fingerprint density at radius 2 is 2.25 bits per heavy atom. The van der Waals surface area contributed by atoms with Gasteiger partial charge in [0.05, 0.1) is 0 Å². The van der Waals surface area contributed by atoms with Crippen LogP contribution in [0.5, 0.6) is 0 Å². The van der Waals surface area contributed by atoms with Crippen molar-refractivity contribution < 1.29 is 18.8 Å². The molecule has 0 aliphatic heterocycles. The second kappa shape index (κ2) is 3.65. The van der Waals surface area contributed by atoms with E-state index in [1.807, 2.05) is 0 Å². The summed E-state index contributed by atoms with van der Waals surface area (Å²) in [5.41, 5.74) is 5.36. The topological polar surface area (TPSA) is 89.4 Å². The summed E-state index contributed by atoms with van der Waals surface area (Å²) in [5, 5.41) is 12.2. The van der Waals surface area contributed by atoms with Crippen LogP contribution in [0.25, 0.3) is 11.3 Å². The molecule has 0 fully saturated rings. The maximum atomic E-state index is 13.0. The van der Waals surface area contributed by atoms with Crippen LogP contribution in [0.1, 0.15) is 10.4 Å². The fraction of sp³-hybridized carbons (Fsp3) is 0. The standard InChI is InChI=1S/C10H7FN2O3/c11-6-3-1-2-5(4-6)8-7(10(14)15)9(12)13-16-8/h1-4H,(H2,12,13)(H,14,15). The molecule has 0 bridgehead atoms. The van der Waals surface area contributed by atoms with Crippen LogP contribution in [0.2, 0.25) is 0 Å². The lowest BCUT2D eigenvalue weighted by atomic mass is 10.1.